The van der Waals surface area contributed by atoms with Gasteiger partial charge in [0.1, 0.15) is 40.0 Å². The quantitative estimate of drug-likeness (QED) is 0.444. The first-order valence-electron chi connectivity index (χ1n) is 12.1. The maximum Gasteiger partial charge on any atom is 0.175 e. The summed E-state index contributed by atoms with van der Waals surface area (Å²) in [4.78, 5) is 15.6. The summed E-state index contributed by atoms with van der Waals surface area (Å²) in [5.41, 5.74) is 0.518. The van der Waals surface area contributed by atoms with Crippen molar-refractivity contribution in [2.45, 2.75) is 32.3 Å². The van der Waals surface area contributed by atoms with Gasteiger partial charge in [-0.2, -0.15) is 0 Å². The summed E-state index contributed by atoms with van der Waals surface area (Å²) in [5, 5.41) is 12.0. The van der Waals surface area contributed by atoms with Gasteiger partial charge in [-0.1, -0.05) is 13.0 Å². The number of halogens is 2. The Bertz CT molecular complexity index is 1510. The zero-order valence-corrected chi connectivity index (χ0v) is 20.1. The molecule has 6 rings (SSSR count). The third kappa shape index (κ3) is 3.65. The predicted octanol–water partition coefficient (Wildman–Crippen LogP) is 4.70. The molecule has 0 bridgehead atoms. The van der Waals surface area contributed by atoms with Crippen molar-refractivity contribution < 1.29 is 23.4 Å². The van der Waals surface area contributed by atoms with E-state index in [1.165, 1.54) is 12.1 Å². The third-order valence-electron chi connectivity index (χ3n) is 7.15. The van der Waals surface area contributed by atoms with Crippen LogP contribution in [0.2, 0.25) is 0 Å². The van der Waals surface area contributed by atoms with E-state index in [-0.39, 0.29) is 28.4 Å². The standard InChI is InChI=1S/C27H26F2N4O3/c1-3-18-21(28)5-4-16-10-17(34)11-19(22(16)18)24-23(29)25-20(12-30-24)26(32-15(2)31-25)33-7-9-35-14-27(13-33)6-8-36-27/h4-5,10-12,34H,3,6-9,13-14H2,1-2H3. The monoisotopic (exact) mass is 492 g/mol. The van der Waals surface area contributed by atoms with E-state index in [4.69, 9.17) is 9.47 Å². The lowest BCUT2D eigenvalue weighted by Crippen LogP contribution is -2.54. The van der Waals surface area contributed by atoms with E-state index in [0.29, 0.717) is 78.3 Å². The fourth-order valence-electron chi connectivity index (χ4n) is 5.33. The number of rotatable bonds is 3. The number of pyridine rings is 1. The lowest BCUT2D eigenvalue weighted by Gasteiger charge is -2.42. The van der Waals surface area contributed by atoms with Crippen LogP contribution in [0.4, 0.5) is 14.6 Å². The first-order chi connectivity index (χ1) is 17.4. The minimum absolute atomic E-state index is 0.00532. The highest BCUT2D eigenvalue weighted by molar-refractivity contribution is 6.01. The van der Waals surface area contributed by atoms with E-state index in [1.807, 2.05) is 6.92 Å². The van der Waals surface area contributed by atoms with Crippen LogP contribution >= 0.6 is 0 Å². The number of hydrogen-bond acceptors (Lipinski definition) is 7. The molecule has 1 spiro atoms. The lowest BCUT2D eigenvalue weighted by molar-refractivity contribution is -0.167. The van der Waals surface area contributed by atoms with Crippen LogP contribution in [0.5, 0.6) is 5.75 Å². The molecular weight excluding hydrogens is 466 g/mol. The van der Waals surface area contributed by atoms with Gasteiger partial charge in [0.05, 0.1) is 31.8 Å². The van der Waals surface area contributed by atoms with Crippen LogP contribution < -0.4 is 4.90 Å². The first kappa shape index (κ1) is 23.0. The molecule has 2 fully saturated rings. The van der Waals surface area contributed by atoms with Gasteiger partial charge in [0.15, 0.2) is 5.82 Å². The molecule has 2 aromatic heterocycles. The topological polar surface area (TPSA) is 80.6 Å². The summed E-state index contributed by atoms with van der Waals surface area (Å²) >= 11 is 0. The highest BCUT2D eigenvalue weighted by Gasteiger charge is 2.42. The van der Waals surface area contributed by atoms with E-state index in [9.17, 15) is 9.50 Å². The number of benzene rings is 2. The molecule has 0 amide bonds. The molecule has 186 valence electrons. The van der Waals surface area contributed by atoms with E-state index >= 15 is 4.39 Å². The number of nitrogens with zero attached hydrogens (tertiary/aromatic N) is 4. The number of ether oxygens (including phenoxy) is 2. The van der Waals surface area contributed by atoms with Crippen LogP contribution in [-0.4, -0.2) is 58.6 Å². The molecule has 4 aromatic rings. The van der Waals surface area contributed by atoms with Crippen molar-refractivity contribution in [2.75, 3.05) is 37.8 Å². The maximum atomic E-state index is 16.2. The largest absolute Gasteiger partial charge is 0.508 e. The number of aryl methyl sites for hydroxylation is 2. The molecular formula is C27H26F2N4O3. The highest BCUT2D eigenvalue weighted by atomic mass is 19.1. The molecule has 0 radical (unpaired) electrons. The van der Waals surface area contributed by atoms with Crippen molar-refractivity contribution in [1.82, 2.24) is 15.0 Å². The zero-order chi connectivity index (χ0) is 25.0. The Morgan fingerprint density at radius 3 is 2.75 bits per heavy atom. The van der Waals surface area contributed by atoms with E-state index in [2.05, 4.69) is 19.9 Å². The molecule has 0 saturated carbocycles. The Kier molecular flexibility index (Phi) is 5.49. The molecule has 2 saturated heterocycles. The Balaban J connectivity index is 1.55. The van der Waals surface area contributed by atoms with Gasteiger partial charge >= 0.3 is 0 Å². The van der Waals surface area contributed by atoms with Crippen LogP contribution in [0, 0.1) is 18.6 Å². The molecule has 2 aromatic carbocycles. The lowest BCUT2D eigenvalue weighted by atomic mass is 9.94. The van der Waals surface area contributed by atoms with Crippen molar-refractivity contribution >= 4 is 27.5 Å². The Morgan fingerprint density at radius 2 is 2.00 bits per heavy atom. The molecule has 36 heavy (non-hydrogen) atoms. The molecule has 2 aliphatic heterocycles. The van der Waals surface area contributed by atoms with Crippen LogP contribution in [-0.2, 0) is 15.9 Å². The van der Waals surface area contributed by atoms with E-state index < -0.39 is 5.82 Å². The summed E-state index contributed by atoms with van der Waals surface area (Å²) in [6, 6.07) is 5.91. The van der Waals surface area contributed by atoms with Crippen LogP contribution in [0.15, 0.2) is 30.5 Å². The minimum atomic E-state index is -0.641. The van der Waals surface area contributed by atoms with Crippen molar-refractivity contribution in [1.29, 1.82) is 0 Å². The average Bonchev–Trinajstić information content (AvgIpc) is 3.08. The molecule has 1 N–H and O–H groups in total. The first-order valence-corrected chi connectivity index (χ1v) is 12.1. The minimum Gasteiger partial charge on any atom is -0.508 e. The molecule has 2 aliphatic rings. The van der Waals surface area contributed by atoms with Crippen LogP contribution in [0.1, 0.15) is 24.7 Å². The van der Waals surface area contributed by atoms with Crippen molar-refractivity contribution in [3.63, 3.8) is 0 Å². The van der Waals surface area contributed by atoms with Crippen molar-refractivity contribution in [2.24, 2.45) is 0 Å². The summed E-state index contributed by atoms with van der Waals surface area (Å²) < 4.78 is 42.5. The normalized spacial score (nSPS) is 20.2. The number of fused-ring (bicyclic) bond motifs is 2. The van der Waals surface area contributed by atoms with Crippen LogP contribution in [0.25, 0.3) is 32.9 Å². The van der Waals surface area contributed by atoms with Gasteiger partial charge in [-0.25, -0.2) is 18.7 Å². The Hall–Kier alpha value is -3.43. The summed E-state index contributed by atoms with van der Waals surface area (Å²) in [5.74, 6) is -0.0742. The number of anilines is 1. The van der Waals surface area contributed by atoms with E-state index in [1.54, 1.807) is 25.3 Å². The van der Waals surface area contributed by atoms with Gasteiger partial charge in [0, 0.05) is 24.7 Å². The number of aromatic nitrogens is 3. The number of phenols is 1. The Labute approximate surface area is 206 Å². The van der Waals surface area contributed by atoms with Gasteiger partial charge in [-0.3, -0.25) is 4.98 Å². The second-order valence-electron chi connectivity index (χ2n) is 9.50. The molecule has 1 atom stereocenters. The Morgan fingerprint density at radius 1 is 1.17 bits per heavy atom. The SMILES string of the molecule is CCc1c(F)ccc2cc(O)cc(-c3ncc4c(N5CCOCC6(CCO6)C5)nc(C)nc4c3F)c12. The fourth-order valence-corrected chi connectivity index (χ4v) is 5.33. The maximum absolute atomic E-state index is 16.2. The van der Waals surface area contributed by atoms with Crippen molar-refractivity contribution in [3.8, 4) is 17.0 Å². The number of phenolic OH excluding ortho intramolecular Hbond substituents is 1. The predicted molar refractivity (Wildman–Crippen MR) is 132 cm³/mol. The summed E-state index contributed by atoms with van der Waals surface area (Å²) in [6.45, 7) is 6.44. The van der Waals surface area contributed by atoms with Gasteiger partial charge in [0.2, 0.25) is 0 Å². The zero-order valence-electron chi connectivity index (χ0n) is 20.1. The number of hydrogen-bond donors (Lipinski definition) is 1. The third-order valence-corrected chi connectivity index (χ3v) is 7.15. The van der Waals surface area contributed by atoms with Gasteiger partial charge in [-0.05, 0) is 47.9 Å². The number of aromatic hydroxyl groups is 1. The van der Waals surface area contributed by atoms with Crippen LogP contribution in [0.3, 0.4) is 0 Å². The second-order valence-corrected chi connectivity index (χ2v) is 9.50. The fraction of sp³-hybridized carbons (Fsp3) is 0.370. The molecule has 0 aliphatic carbocycles. The summed E-state index contributed by atoms with van der Waals surface area (Å²) in [6.07, 6.45) is 2.86. The van der Waals surface area contributed by atoms with Gasteiger partial charge in [-0.15, -0.1) is 0 Å². The second kappa shape index (κ2) is 8.60. The van der Waals surface area contributed by atoms with Gasteiger partial charge < -0.3 is 19.5 Å². The summed E-state index contributed by atoms with van der Waals surface area (Å²) in [7, 11) is 0. The highest BCUT2D eigenvalue weighted by Crippen LogP contribution is 2.39. The van der Waals surface area contributed by atoms with Crippen molar-refractivity contribution in [3.05, 3.63) is 53.5 Å². The molecule has 9 heteroatoms. The van der Waals surface area contributed by atoms with Gasteiger partial charge in [0.25, 0.3) is 0 Å². The molecule has 4 heterocycles. The van der Waals surface area contributed by atoms with E-state index in [0.717, 1.165) is 6.42 Å². The molecule has 1 unspecified atom stereocenters. The molecule has 7 nitrogen and oxygen atoms in total. The average molecular weight is 493 g/mol. The smallest absolute Gasteiger partial charge is 0.175 e.